The summed E-state index contributed by atoms with van der Waals surface area (Å²) >= 11 is 0. The number of hydrogen-bond donors (Lipinski definition) is 1. The van der Waals surface area contributed by atoms with Gasteiger partial charge in [-0.1, -0.05) is 24.6 Å². The summed E-state index contributed by atoms with van der Waals surface area (Å²) in [5.74, 6) is 0.0713. The quantitative estimate of drug-likeness (QED) is 0.931. The predicted octanol–water partition coefficient (Wildman–Crippen LogP) is 2.57. The van der Waals surface area contributed by atoms with E-state index in [-0.39, 0.29) is 11.9 Å². The van der Waals surface area contributed by atoms with Crippen molar-refractivity contribution in [2.24, 2.45) is 0 Å². The lowest BCUT2D eigenvalue weighted by atomic mass is 10.0. The first-order valence-corrected chi connectivity index (χ1v) is 8.42. The number of aryl methyl sites for hydroxylation is 2. The van der Waals surface area contributed by atoms with Crippen molar-refractivity contribution in [3.8, 4) is 0 Å². The van der Waals surface area contributed by atoms with Crippen LogP contribution in [0, 0.1) is 13.8 Å². The van der Waals surface area contributed by atoms with Gasteiger partial charge in [0.05, 0.1) is 0 Å². The summed E-state index contributed by atoms with van der Waals surface area (Å²) in [6.45, 7) is 9.27. The second-order valence-corrected chi connectivity index (χ2v) is 6.18. The van der Waals surface area contributed by atoms with E-state index in [0.29, 0.717) is 32.7 Å². The summed E-state index contributed by atoms with van der Waals surface area (Å²) in [5.41, 5.74) is 2.87. The topological polar surface area (TPSA) is 52.7 Å². The van der Waals surface area contributed by atoms with Crippen molar-refractivity contribution in [1.82, 2.24) is 15.1 Å². The third-order valence-corrected chi connectivity index (χ3v) is 4.22. The highest BCUT2D eigenvalue weighted by atomic mass is 16.2. The molecule has 1 N–H and O–H groups in total. The second kappa shape index (κ2) is 7.99. The molecule has 0 unspecified atom stereocenters. The zero-order chi connectivity index (χ0) is 16.8. The molecular formula is C18H27N3O2. The predicted molar refractivity (Wildman–Crippen MR) is 91.7 cm³/mol. The first kappa shape index (κ1) is 17.3. The smallest absolute Gasteiger partial charge is 0.317 e. The Balaban J connectivity index is 2.01. The number of carbonyl (C=O) groups excluding carboxylic acids is 2. The Morgan fingerprint density at radius 2 is 1.78 bits per heavy atom. The third-order valence-electron chi connectivity index (χ3n) is 4.22. The maximum Gasteiger partial charge on any atom is 0.317 e. The molecule has 1 fully saturated rings. The van der Waals surface area contributed by atoms with E-state index >= 15 is 0 Å². The van der Waals surface area contributed by atoms with Crippen LogP contribution in [0.1, 0.15) is 41.3 Å². The van der Waals surface area contributed by atoms with E-state index in [1.165, 1.54) is 0 Å². The molecule has 5 heteroatoms. The Morgan fingerprint density at radius 1 is 1.09 bits per heavy atom. The van der Waals surface area contributed by atoms with E-state index in [4.69, 9.17) is 0 Å². The van der Waals surface area contributed by atoms with Crippen molar-refractivity contribution in [1.29, 1.82) is 0 Å². The van der Waals surface area contributed by atoms with Crippen LogP contribution in [0.25, 0.3) is 0 Å². The Hall–Kier alpha value is -2.04. The van der Waals surface area contributed by atoms with Crippen LogP contribution >= 0.6 is 0 Å². The first-order valence-electron chi connectivity index (χ1n) is 8.42. The molecule has 0 atom stereocenters. The van der Waals surface area contributed by atoms with E-state index in [9.17, 15) is 9.59 Å². The van der Waals surface area contributed by atoms with Crippen molar-refractivity contribution in [2.75, 3.05) is 32.7 Å². The standard InChI is InChI=1S/C18H27N3O2/c1-4-8-19-18(23)21-10-5-9-20(11-12-21)17(22)16-13-14(2)6-7-15(16)3/h6-7,13H,4-5,8-12H2,1-3H3,(H,19,23). The van der Waals surface area contributed by atoms with Crippen LogP contribution in [0.4, 0.5) is 4.79 Å². The highest BCUT2D eigenvalue weighted by Crippen LogP contribution is 2.15. The fourth-order valence-electron chi connectivity index (χ4n) is 2.80. The van der Waals surface area contributed by atoms with Crippen LogP contribution < -0.4 is 5.32 Å². The minimum Gasteiger partial charge on any atom is -0.338 e. The zero-order valence-electron chi connectivity index (χ0n) is 14.4. The highest BCUT2D eigenvalue weighted by molar-refractivity contribution is 5.96. The summed E-state index contributed by atoms with van der Waals surface area (Å²) in [5, 5.41) is 2.91. The number of nitrogens with zero attached hydrogens (tertiary/aromatic N) is 2. The molecule has 2 rings (SSSR count). The Labute approximate surface area is 138 Å². The Bertz CT molecular complexity index is 571. The number of carbonyl (C=O) groups is 2. The summed E-state index contributed by atoms with van der Waals surface area (Å²) in [4.78, 5) is 28.5. The summed E-state index contributed by atoms with van der Waals surface area (Å²) in [6, 6.07) is 5.95. The van der Waals surface area contributed by atoms with Gasteiger partial charge in [-0.3, -0.25) is 4.79 Å². The SMILES string of the molecule is CCCNC(=O)N1CCCN(C(=O)c2cc(C)ccc2C)CC1. The van der Waals surface area contributed by atoms with Crippen molar-refractivity contribution in [2.45, 2.75) is 33.6 Å². The molecule has 1 aromatic carbocycles. The fraction of sp³-hybridized carbons (Fsp3) is 0.556. The molecule has 0 aromatic heterocycles. The van der Waals surface area contributed by atoms with Crippen LogP contribution in [0.3, 0.4) is 0 Å². The van der Waals surface area contributed by atoms with Gasteiger partial charge in [-0.2, -0.15) is 0 Å². The number of rotatable bonds is 3. The van der Waals surface area contributed by atoms with Crippen LogP contribution in [-0.4, -0.2) is 54.5 Å². The van der Waals surface area contributed by atoms with Crippen molar-refractivity contribution in [3.05, 3.63) is 34.9 Å². The van der Waals surface area contributed by atoms with Crippen LogP contribution in [0.2, 0.25) is 0 Å². The molecule has 23 heavy (non-hydrogen) atoms. The third kappa shape index (κ3) is 4.47. The van der Waals surface area contributed by atoms with E-state index in [0.717, 1.165) is 29.5 Å². The molecule has 0 aliphatic carbocycles. The lowest BCUT2D eigenvalue weighted by Crippen LogP contribution is -2.42. The van der Waals surface area contributed by atoms with Crippen molar-refractivity contribution in [3.63, 3.8) is 0 Å². The van der Waals surface area contributed by atoms with Gasteiger partial charge in [0.2, 0.25) is 0 Å². The van der Waals surface area contributed by atoms with Gasteiger partial charge in [-0.05, 0) is 38.3 Å². The zero-order valence-corrected chi connectivity index (χ0v) is 14.4. The van der Waals surface area contributed by atoms with Gasteiger partial charge in [-0.15, -0.1) is 0 Å². The maximum atomic E-state index is 12.8. The van der Waals surface area contributed by atoms with Gasteiger partial charge in [0.25, 0.3) is 5.91 Å². The molecule has 0 radical (unpaired) electrons. The number of nitrogens with one attached hydrogen (secondary N) is 1. The Kier molecular flexibility index (Phi) is 6.02. The normalized spacial score (nSPS) is 15.3. The molecule has 1 aliphatic rings. The van der Waals surface area contributed by atoms with E-state index < -0.39 is 0 Å². The monoisotopic (exact) mass is 317 g/mol. The van der Waals surface area contributed by atoms with Crippen molar-refractivity contribution >= 4 is 11.9 Å². The summed E-state index contributed by atoms with van der Waals surface area (Å²) in [6.07, 6.45) is 1.74. The number of hydrogen-bond acceptors (Lipinski definition) is 2. The Morgan fingerprint density at radius 3 is 2.52 bits per heavy atom. The highest BCUT2D eigenvalue weighted by Gasteiger charge is 2.23. The summed E-state index contributed by atoms with van der Waals surface area (Å²) in [7, 11) is 0. The molecule has 1 heterocycles. The average Bonchev–Trinajstić information content (AvgIpc) is 2.80. The van der Waals surface area contributed by atoms with E-state index in [2.05, 4.69) is 5.32 Å². The van der Waals surface area contributed by atoms with Gasteiger partial charge in [0.1, 0.15) is 0 Å². The van der Waals surface area contributed by atoms with Crippen LogP contribution in [0.15, 0.2) is 18.2 Å². The van der Waals surface area contributed by atoms with Gasteiger partial charge < -0.3 is 15.1 Å². The molecule has 5 nitrogen and oxygen atoms in total. The number of benzene rings is 1. The minimum atomic E-state index is -0.0205. The maximum absolute atomic E-state index is 12.8. The second-order valence-electron chi connectivity index (χ2n) is 6.18. The first-order chi connectivity index (χ1) is 11.0. The van der Waals surface area contributed by atoms with Crippen molar-refractivity contribution < 1.29 is 9.59 Å². The van der Waals surface area contributed by atoms with E-state index in [1.54, 1.807) is 0 Å². The van der Waals surface area contributed by atoms with Gasteiger partial charge in [-0.25, -0.2) is 4.79 Å². The molecule has 1 aliphatic heterocycles. The van der Waals surface area contributed by atoms with Crippen LogP contribution in [0.5, 0.6) is 0 Å². The molecule has 0 saturated carbocycles. The molecule has 0 bridgehead atoms. The lowest BCUT2D eigenvalue weighted by Gasteiger charge is -2.23. The van der Waals surface area contributed by atoms with Gasteiger partial charge in [0, 0.05) is 38.3 Å². The van der Waals surface area contributed by atoms with E-state index in [1.807, 2.05) is 48.8 Å². The molecule has 1 aromatic rings. The molecule has 1 saturated heterocycles. The number of amides is 3. The van der Waals surface area contributed by atoms with Gasteiger partial charge in [0.15, 0.2) is 0 Å². The molecule has 3 amide bonds. The average molecular weight is 317 g/mol. The lowest BCUT2D eigenvalue weighted by molar-refractivity contribution is 0.0761. The minimum absolute atomic E-state index is 0.0205. The summed E-state index contributed by atoms with van der Waals surface area (Å²) < 4.78 is 0. The fourth-order valence-corrected chi connectivity index (χ4v) is 2.80. The van der Waals surface area contributed by atoms with Gasteiger partial charge >= 0.3 is 6.03 Å². The molecule has 0 spiro atoms. The van der Waals surface area contributed by atoms with Crippen LogP contribution in [-0.2, 0) is 0 Å². The molecule has 126 valence electrons. The largest absolute Gasteiger partial charge is 0.338 e. The number of urea groups is 1. The molecular weight excluding hydrogens is 290 g/mol.